The lowest BCUT2D eigenvalue weighted by molar-refractivity contribution is 2.24. The van der Waals surface area contributed by atoms with Crippen LogP contribution >= 0.6 is 11.2 Å². The summed E-state index contributed by atoms with van der Waals surface area (Å²) in [5, 5.41) is 4.65. The molecule has 1 aliphatic rings. The van der Waals surface area contributed by atoms with Crippen molar-refractivity contribution in [1.29, 1.82) is 0 Å². The molecule has 0 N–H and O–H groups in total. The van der Waals surface area contributed by atoms with E-state index in [9.17, 15) is 0 Å². The molecule has 0 fully saturated rings. The van der Waals surface area contributed by atoms with E-state index in [-0.39, 0.29) is 0 Å². The first-order valence-electron chi connectivity index (χ1n) is 1.56. The van der Waals surface area contributed by atoms with Crippen molar-refractivity contribution >= 4 is 11.2 Å². The Balaban J connectivity index is 3.03. The fraction of sp³-hybridized carbons (Fsp3) is 0. The van der Waals surface area contributed by atoms with Gasteiger partial charge in [-0.1, -0.05) is 17.1 Å². The van der Waals surface area contributed by atoms with Crippen LogP contribution in [0.1, 0.15) is 0 Å². The molecule has 0 bridgehead atoms. The number of hydrogen-bond acceptors (Lipinski definition) is 0. The second-order valence-electron chi connectivity index (χ2n) is 0.792. The van der Waals surface area contributed by atoms with Crippen LogP contribution in [0.3, 0.4) is 0 Å². The van der Waals surface area contributed by atoms with Gasteiger partial charge in [-0.05, 0) is 12.0 Å². The number of hydrogen-bond donors (Lipinski definition) is 0. The first-order valence-corrected chi connectivity index (χ1v) is 2.44. The van der Waals surface area contributed by atoms with E-state index in [0.717, 1.165) is 0 Å². The first kappa shape index (κ1) is 3.49. The minimum absolute atomic E-state index is 1.49. The Hall–Kier alpha value is -0.700. The molecule has 0 aliphatic carbocycles. The van der Waals surface area contributed by atoms with Crippen LogP contribution in [0, 0.1) is 17.0 Å². The van der Waals surface area contributed by atoms with Gasteiger partial charge in [-0.3, -0.25) is 0 Å². The summed E-state index contributed by atoms with van der Waals surface area (Å²) in [5.74, 6) is 5.38. The van der Waals surface area contributed by atoms with Gasteiger partial charge in [0.15, 0.2) is 0 Å². The van der Waals surface area contributed by atoms with E-state index < -0.39 is 0 Å². The third-order valence-corrected chi connectivity index (χ3v) is 0.894. The summed E-state index contributed by atoms with van der Waals surface area (Å²) in [4.78, 5) is 0. The summed E-state index contributed by atoms with van der Waals surface area (Å²) < 4.78 is 0. The Morgan fingerprint density at radius 2 is 2.50 bits per heavy atom. The Morgan fingerprint density at radius 3 is 2.67 bits per heavy atom. The minimum atomic E-state index is 1.49. The largest absolute Gasteiger partial charge is 0.0912 e. The van der Waals surface area contributed by atoms with Crippen molar-refractivity contribution in [2.75, 3.05) is 0 Å². The lowest BCUT2D eigenvalue weighted by Gasteiger charge is -1.65. The predicted molar refractivity (Wildman–Crippen MR) is 28.4 cm³/mol. The maximum absolute atomic E-state index is 2.75. The first-order chi connectivity index (χ1) is 3.00. The lowest BCUT2D eigenvalue weighted by Crippen LogP contribution is -1.49. The van der Waals surface area contributed by atoms with Gasteiger partial charge < -0.3 is 0 Å². The SMILES string of the molecule is C1#CC=CS#C1. The van der Waals surface area contributed by atoms with Crippen LogP contribution in [-0.4, -0.2) is 0 Å². The third kappa shape index (κ3) is 0.621. The van der Waals surface area contributed by atoms with Crippen molar-refractivity contribution in [2.24, 2.45) is 0 Å². The highest BCUT2D eigenvalue weighted by Gasteiger charge is 1.60. The van der Waals surface area contributed by atoms with Crippen LogP contribution in [0.15, 0.2) is 11.5 Å². The lowest BCUT2D eigenvalue weighted by atomic mass is 10.6. The van der Waals surface area contributed by atoms with Gasteiger partial charge in [0.2, 0.25) is 0 Å². The van der Waals surface area contributed by atoms with Gasteiger partial charge in [0.05, 0.1) is 0 Å². The van der Waals surface area contributed by atoms with Crippen LogP contribution in [0.5, 0.6) is 0 Å². The molecule has 28 valence electrons. The van der Waals surface area contributed by atoms with Gasteiger partial charge in [-0.25, -0.2) is 0 Å². The molecule has 0 amide bonds. The molecule has 0 saturated carbocycles. The summed E-state index contributed by atoms with van der Waals surface area (Å²) in [6.45, 7) is 0. The second kappa shape index (κ2) is 1.67. The van der Waals surface area contributed by atoms with Crippen LogP contribution in [0.2, 0.25) is 0 Å². The summed E-state index contributed by atoms with van der Waals surface area (Å²) in [6.07, 6.45) is 1.81. The number of allylic oxidation sites excluding steroid dienone is 1. The Kier molecular flexibility index (Phi) is 0.969. The zero-order chi connectivity index (χ0) is 4.24. The van der Waals surface area contributed by atoms with E-state index in [1.165, 1.54) is 11.2 Å². The Labute approximate surface area is 40.5 Å². The average molecular weight is 94.1 g/mol. The fourth-order valence-corrected chi connectivity index (χ4v) is 0.525. The maximum Gasteiger partial charge on any atom is 0.00812 e. The highest BCUT2D eigenvalue weighted by atomic mass is 32.1. The molecular formula is C5H2S. The van der Waals surface area contributed by atoms with Gasteiger partial charge in [0.25, 0.3) is 0 Å². The molecule has 1 heteroatoms. The van der Waals surface area contributed by atoms with E-state index in [2.05, 4.69) is 17.0 Å². The highest BCUT2D eigenvalue weighted by molar-refractivity contribution is 7.91. The maximum atomic E-state index is 2.75. The molecule has 1 rings (SSSR count). The molecule has 1 aliphatic heterocycles. The molecule has 0 unspecified atom stereocenters. The van der Waals surface area contributed by atoms with E-state index in [0.29, 0.717) is 0 Å². The molecular weight excluding hydrogens is 92.1 g/mol. The van der Waals surface area contributed by atoms with Crippen LogP contribution in [0.25, 0.3) is 0 Å². The summed E-state index contributed by atoms with van der Waals surface area (Å²) >= 11 is 1.49. The van der Waals surface area contributed by atoms with Crippen molar-refractivity contribution < 1.29 is 0 Å². The standard InChI is InChI=1S/C5H2S/c1-2-4-6-5-3-1/h2,4H. The second-order valence-corrected chi connectivity index (χ2v) is 1.50. The zero-order valence-electron chi connectivity index (χ0n) is 3.06. The van der Waals surface area contributed by atoms with Crippen LogP contribution < -0.4 is 0 Å². The van der Waals surface area contributed by atoms with E-state index in [1.807, 2.05) is 5.41 Å². The molecule has 0 atom stereocenters. The molecule has 0 aromatic heterocycles. The fourth-order valence-electron chi connectivity index (χ4n) is 0.203. The molecule has 0 aromatic carbocycles. The average Bonchev–Trinajstić information content (AvgIpc) is 1.72. The predicted octanol–water partition coefficient (Wildman–Crippen LogP) is 1.21. The zero-order valence-corrected chi connectivity index (χ0v) is 3.88. The van der Waals surface area contributed by atoms with E-state index in [4.69, 9.17) is 0 Å². The molecule has 0 radical (unpaired) electrons. The van der Waals surface area contributed by atoms with Gasteiger partial charge in [0.1, 0.15) is 0 Å². The Bertz CT molecular complexity index is 157. The quantitative estimate of drug-likeness (QED) is 0.396. The highest BCUT2D eigenvalue weighted by Crippen LogP contribution is 1.85. The van der Waals surface area contributed by atoms with Crippen molar-refractivity contribution in [3.63, 3.8) is 0 Å². The smallest absolute Gasteiger partial charge is 0.00812 e. The van der Waals surface area contributed by atoms with Gasteiger partial charge in [-0.2, -0.15) is 0 Å². The summed E-state index contributed by atoms with van der Waals surface area (Å²) in [7, 11) is 0. The minimum Gasteiger partial charge on any atom is -0.0912 e. The molecule has 0 nitrogen and oxygen atoms in total. The molecule has 0 spiro atoms. The molecule has 0 aromatic rings. The molecule has 6 heavy (non-hydrogen) atoms. The normalized spacial score (nSPS) is 12.0. The Morgan fingerprint density at radius 1 is 1.50 bits per heavy atom. The van der Waals surface area contributed by atoms with Gasteiger partial charge in [0, 0.05) is 10.6 Å². The number of rotatable bonds is 0. The van der Waals surface area contributed by atoms with Crippen LogP contribution in [0.4, 0.5) is 0 Å². The van der Waals surface area contributed by atoms with E-state index >= 15 is 0 Å². The summed E-state index contributed by atoms with van der Waals surface area (Å²) in [6, 6.07) is 0. The monoisotopic (exact) mass is 94.0 g/mol. The van der Waals surface area contributed by atoms with E-state index in [1.54, 1.807) is 6.08 Å². The molecule has 0 saturated heterocycles. The van der Waals surface area contributed by atoms with Gasteiger partial charge >= 0.3 is 0 Å². The topological polar surface area (TPSA) is 0 Å². The molecule has 1 heterocycles. The van der Waals surface area contributed by atoms with Gasteiger partial charge in [-0.15, -0.1) is 0 Å². The van der Waals surface area contributed by atoms with Crippen molar-refractivity contribution in [3.05, 3.63) is 11.5 Å². The van der Waals surface area contributed by atoms with Crippen molar-refractivity contribution in [2.45, 2.75) is 0 Å². The van der Waals surface area contributed by atoms with Crippen LogP contribution in [-0.2, 0) is 0 Å². The van der Waals surface area contributed by atoms with Crippen molar-refractivity contribution in [3.8, 4) is 17.0 Å². The van der Waals surface area contributed by atoms with Crippen molar-refractivity contribution in [1.82, 2.24) is 0 Å². The third-order valence-electron chi connectivity index (χ3n) is 0.402. The summed E-state index contributed by atoms with van der Waals surface area (Å²) in [5.41, 5.74) is 0.